The number of nitrogens with one attached hydrogen (secondary N) is 1. The van der Waals surface area contributed by atoms with Crippen molar-refractivity contribution in [3.05, 3.63) is 0 Å². The molecule has 0 unspecified atom stereocenters. The van der Waals surface area contributed by atoms with Crippen molar-refractivity contribution in [2.75, 3.05) is 19.0 Å². The molecule has 0 saturated carbocycles. The van der Waals surface area contributed by atoms with Crippen LogP contribution in [0.3, 0.4) is 0 Å². The minimum absolute atomic E-state index is 0.263. The molecular weight excluding hydrogens is 254 g/mol. The fraction of sp³-hybridized carbons (Fsp3) is 0.429. The molecule has 1 aromatic rings. The van der Waals surface area contributed by atoms with Gasteiger partial charge in [0.2, 0.25) is 5.13 Å². The van der Waals surface area contributed by atoms with Crippen LogP contribution in [0.2, 0.25) is 0 Å². The van der Waals surface area contributed by atoms with Crippen LogP contribution in [0.15, 0.2) is 4.34 Å². The summed E-state index contributed by atoms with van der Waals surface area (Å²) in [4.78, 5) is 21.9. The van der Waals surface area contributed by atoms with Gasteiger partial charge in [0.1, 0.15) is 0 Å². The second-order valence-corrected chi connectivity index (χ2v) is 4.43. The number of ether oxygens (including phenoxy) is 2. The molecule has 0 aliphatic rings. The largest absolute Gasteiger partial charge is 0.458 e. The highest BCUT2D eigenvalue weighted by Crippen LogP contribution is 2.26. The van der Waals surface area contributed by atoms with Crippen LogP contribution in [0, 0.1) is 0 Å². The van der Waals surface area contributed by atoms with Crippen LogP contribution in [0.1, 0.15) is 6.92 Å². The van der Waals surface area contributed by atoms with Crippen LogP contribution in [0.25, 0.3) is 0 Å². The Balaban J connectivity index is 2.51. The molecule has 1 amide bonds. The number of rotatable bonds is 3. The Labute approximate surface area is 99.5 Å². The van der Waals surface area contributed by atoms with E-state index >= 15 is 0 Å². The third kappa shape index (κ3) is 4.03. The van der Waals surface area contributed by atoms with Crippen molar-refractivity contribution in [3.63, 3.8) is 0 Å². The van der Waals surface area contributed by atoms with Gasteiger partial charge < -0.3 is 9.47 Å². The highest BCUT2D eigenvalue weighted by molar-refractivity contribution is 8.14. The third-order valence-electron chi connectivity index (χ3n) is 1.23. The maximum absolute atomic E-state index is 11.1. The summed E-state index contributed by atoms with van der Waals surface area (Å²) >= 11 is 1.87. The van der Waals surface area contributed by atoms with Crippen molar-refractivity contribution in [1.29, 1.82) is 0 Å². The molecule has 0 fully saturated rings. The first-order valence-corrected chi connectivity index (χ1v) is 5.82. The number of hydrogen-bond acceptors (Lipinski definition) is 8. The van der Waals surface area contributed by atoms with E-state index in [0.29, 0.717) is 10.9 Å². The Hall–Kier alpha value is -1.35. The highest BCUT2D eigenvalue weighted by Gasteiger charge is 2.12. The van der Waals surface area contributed by atoms with Gasteiger partial charge in [-0.1, -0.05) is 11.3 Å². The van der Waals surface area contributed by atoms with E-state index in [0.717, 1.165) is 23.1 Å². The maximum Gasteiger partial charge on any atom is 0.413 e. The first-order chi connectivity index (χ1) is 7.65. The molecule has 0 spiro atoms. The number of anilines is 1. The Morgan fingerprint density at radius 2 is 2.25 bits per heavy atom. The first-order valence-electron chi connectivity index (χ1n) is 4.18. The lowest BCUT2D eigenvalue weighted by Gasteiger charge is -1.96. The van der Waals surface area contributed by atoms with Crippen molar-refractivity contribution in [3.8, 4) is 0 Å². The first kappa shape index (κ1) is 12.7. The summed E-state index contributed by atoms with van der Waals surface area (Å²) < 4.78 is 9.48. The number of amides is 1. The van der Waals surface area contributed by atoms with Gasteiger partial charge in [0.25, 0.3) is 0 Å². The van der Waals surface area contributed by atoms with Crippen LogP contribution >= 0.6 is 23.1 Å². The smallest absolute Gasteiger partial charge is 0.413 e. The lowest BCUT2D eigenvalue weighted by atomic mass is 10.9. The van der Waals surface area contributed by atoms with Gasteiger partial charge in [-0.05, 0) is 6.92 Å². The van der Waals surface area contributed by atoms with E-state index < -0.39 is 11.4 Å². The van der Waals surface area contributed by atoms with Gasteiger partial charge in [-0.15, -0.1) is 10.2 Å². The van der Waals surface area contributed by atoms with Gasteiger partial charge in [-0.3, -0.25) is 5.32 Å². The number of methoxy groups -OCH3 is 1. The van der Waals surface area contributed by atoms with Gasteiger partial charge in [0.15, 0.2) is 4.34 Å². The van der Waals surface area contributed by atoms with E-state index in [4.69, 9.17) is 4.74 Å². The SMILES string of the molecule is CCOC(=O)Sc1nnc(NC(=O)OC)s1. The number of thioether (sulfide) groups is 1. The number of carbonyl (C=O) groups is 2. The summed E-state index contributed by atoms with van der Waals surface area (Å²) in [5, 5.41) is 9.47. The fourth-order valence-corrected chi connectivity index (χ4v) is 2.13. The zero-order chi connectivity index (χ0) is 12.0. The van der Waals surface area contributed by atoms with Crippen LogP contribution in [0.4, 0.5) is 14.7 Å². The topological polar surface area (TPSA) is 90.4 Å². The van der Waals surface area contributed by atoms with Gasteiger partial charge in [-0.25, -0.2) is 9.59 Å². The molecule has 16 heavy (non-hydrogen) atoms. The fourth-order valence-electron chi connectivity index (χ4n) is 0.658. The van der Waals surface area contributed by atoms with Crippen molar-refractivity contribution in [1.82, 2.24) is 10.2 Å². The normalized spacial score (nSPS) is 9.62. The number of aromatic nitrogens is 2. The molecule has 9 heteroatoms. The second-order valence-electron chi connectivity index (χ2n) is 2.27. The highest BCUT2D eigenvalue weighted by atomic mass is 32.2. The summed E-state index contributed by atoms with van der Waals surface area (Å²) in [6.07, 6.45) is -0.635. The van der Waals surface area contributed by atoms with Crippen molar-refractivity contribution >= 4 is 39.6 Å². The number of hydrogen-bond donors (Lipinski definition) is 1. The van der Waals surface area contributed by atoms with Crippen molar-refractivity contribution in [2.24, 2.45) is 0 Å². The van der Waals surface area contributed by atoms with Gasteiger partial charge in [0.05, 0.1) is 13.7 Å². The molecule has 0 atom stereocenters. The molecule has 7 nitrogen and oxygen atoms in total. The van der Waals surface area contributed by atoms with E-state index in [1.165, 1.54) is 7.11 Å². The zero-order valence-electron chi connectivity index (χ0n) is 8.55. The standard InChI is InChI=1S/C7H9N3O4S2/c1-3-14-7(12)16-6-10-9-4(15-6)8-5(11)13-2/h3H2,1-2H3,(H,8,9,11). The third-order valence-corrected chi connectivity index (χ3v) is 2.91. The lowest BCUT2D eigenvalue weighted by molar-refractivity contribution is 0.181. The van der Waals surface area contributed by atoms with Crippen LogP contribution in [-0.4, -0.2) is 35.3 Å². The Morgan fingerprint density at radius 3 is 2.88 bits per heavy atom. The van der Waals surface area contributed by atoms with Crippen LogP contribution in [-0.2, 0) is 9.47 Å². The predicted octanol–water partition coefficient (Wildman–Crippen LogP) is 1.96. The maximum atomic E-state index is 11.1. The molecule has 88 valence electrons. The molecule has 1 heterocycles. The summed E-state index contributed by atoms with van der Waals surface area (Å²) in [5.74, 6) is 0. The number of nitrogens with zero attached hydrogens (tertiary/aromatic N) is 2. The number of carbonyl (C=O) groups excluding carboxylic acids is 2. The Bertz CT molecular complexity index is 381. The second kappa shape index (κ2) is 6.28. The molecule has 1 rings (SSSR count). The molecule has 0 aliphatic heterocycles. The minimum atomic E-state index is -0.635. The summed E-state index contributed by atoms with van der Waals surface area (Å²) in [7, 11) is 1.24. The molecule has 1 aromatic heterocycles. The monoisotopic (exact) mass is 263 g/mol. The summed E-state index contributed by atoms with van der Waals surface area (Å²) in [6, 6.07) is 0. The van der Waals surface area contributed by atoms with Crippen LogP contribution < -0.4 is 5.32 Å². The summed E-state index contributed by atoms with van der Waals surface area (Å²) in [5.41, 5.74) is 0. The van der Waals surface area contributed by atoms with E-state index in [-0.39, 0.29) is 5.13 Å². The lowest BCUT2D eigenvalue weighted by Crippen LogP contribution is -2.10. The molecule has 0 radical (unpaired) electrons. The average molecular weight is 263 g/mol. The van der Waals surface area contributed by atoms with E-state index in [2.05, 4.69) is 20.3 Å². The van der Waals surface area contributed by atoms with E-state index in [1.807, 2.05) is 0 Å². The van der Waals surface area contributed by atoms with Gasteiger partial charge >= 0.3 is 11.4 Å². The van der Waals surface area contributed by atoms with Crippen molar-refractivity contribution < 1.29 is 19.1 Å². The zero-order valence-corrected chi connectivity index (χ0v) is 10.2. The van der Waals surface area contributed by atoms with Gasteiger partial charge in [-0.2, -0.15) is 0 Å². The molecular formula is C7H9N3O4S2. The predicted molar refractivity (Wildman–Crippen MR) is 58.8 cm³/mol. The van der Waals surface area contributed by atoms with E-state index in [9.17, 15) is 9.59 Å². The quantitative estimate of drug-likeness (QED) is 0.506. The molecule has 0 aromatic carbocycles. The average Bonchev–Trinajstić information content (AvgIpc) is 2.65. The van der Waals surface area contributed by atoms with Gasteiger partial charge in [0, 0.05) is 11.8 Å². The molecule has 0 bridgehead atoms. The van der Waals surface area contributed by atoms with E-state index in [1.54, 1.807) is 6.92 Å². The Morgan fingerprint density at radius 1 is 1.50 bits per heavy atom. The Kier molecular flexibility index (Phi) is 4.99. The summed E-state index contributed by atoms with van der Waals surface area (Å²) in [6.45, 7) is 2.01. The minimum Gasteiger partial charge on any atom is -0.458 e. The molecule has 1 N–H and O–H groups in total. The van der Waals surface area contributed by atoms with Crippen LogP contribution in [0.5, 0.6) is 0 Å². The molecule has 0 saturated heterocycles. The molecule has 0 aliphatic carbocycles. The van der Waals surface area contributed by atoms with Crippen molar-refractivity contribution in [2.45, 2.75) is 11.3 Å².